The lowest BCUT2D eigenvalue weighted by atomic mass is 9.63. The van der Waals surface area contributed by atoms with E-state index < -0.39 is 0 Å². The van der Waals surface area contributed by atoms with Crippen LogP contribution in [0.4, 0.5) is 11.4 Å². The Hall–Kier alpha value is -2.96. The van der Waals surface area contributed by atoms with Crippen molar-refractivity contribution in [1.82, 2.24) is 4.90 Å². The normalized spacial score (nSPS) is 38.0. The average molecular weight is 448 g/mol. The van der Waals surface area contributed by atoms with Crippen molar-refractivity contribution in [2.75, 3.05) is 10.6 Å². The number of nitrogens with zero attached hydrogens (tertiary/aromatic N) is 1. The molecule has 4 fully saturated rings. The Bertz CT molecular complexity index is 1020. The molecule has 6 aliphatic rings. The van der Waals surface area contributed by atoms with Crippen LogP contribution < -0.4 is 10.6 Å². The Morgan fingerprint density at radius 2 is 1.33 bits per heavy atom. The van der Waals surface area contributed by atoms with Crippen molar-refractivity contribution in [1.29, 1.82) is 0 Å². The molecule has 0 radical (unpaired) electrons. The molecule has 2 bridgehead atoms. The van der Waals surface area contributed by atoms with Crippen LogP contribution in [0.5, 0.6) is 0 Å². The van der Waals surface area contributed by atoms with E-state index >= 15 is 0 Å². The quantitative estimate of drug-likeness (QED) is 0.547. The molecular weight excluding hydrogens is 418 g/mol. The lowest BCUT2D eigenvalue weighted by Gasteiger charge is -2.37. The van der Waals surface area contributed by atoms with E-state index in [1.807, 2.05) is 0 Å². The van der Waals surface area contributed by atoms with E-state index in [1.165, 1.54) is 13.3 Å². The first-order valence-electron chi connectivity index (χ1n) is 12.2. The predicted octanol–water partition coefficient (Wildman–Crippen LogP) is 3.20. The number of allylic oxidation sites excluding steroid dienone is 2. The summed E-state index contributed by atoms with van der Waals surface area (Å²) < 4.78 is 0. The molecule has 0 unspecified atom stereocenters. The second-order valence-electron chi connectivity index (χ2n) is 10.5. The lowest BCUT2D eigenvalue weighted by molar-refractivity contribution is -0.144. The van der Waals surface area contributed by atoms with Gasteiger partial charge in [0.15, 0.2) is 0 Å². The van der Waals surface area contributed by atoms with Crippen molar-refractivity contribution in [3.8, 4) is 0 Å². The lowest BCUT2D eigenvalue weighted by Crippen LogP contribution is -2.44. The van der Waals surface area contributed by atoms with Gasteiger partial charge in [0.1, 0.15) is 0 Å². The zero-order chi connectivity index (χ0) is 22.9. The number of nitrogens with one attached hydrogen (secondary N) is 2. The number of amides is 4. The molecule has 3 saturated carbocycles. The van der Waals surface area contributed by atoms with Gasteiger partial charge in [0, 0.05) is 30.3 Å². The SMILES string of the molecule is CC(=O)Nc1ccc(NC(=O)C2CCC(N3C(=O)[C@H]4[C@@H]5C=C[C@@H]([C@H]6C[C@H]56)[C@@H]4C3=O)CC2)cc1. The molecule has 1 aliphatic heterocycles. The summed E-state index contributed by atoms with van der Waals surface area (Å²) in [6.07, 6.45) is 8.30. The summed E-state index contributed by atoms with van der Waals surface area (Å²) >= 11 is 0. The Morgan fingerprint density at radius 3 is 1.85 bits per heavy atom. The number of imide groups is 1. The molecule has 1 heterocycles. The molecule has 2 N–H and O–H groups in total. The Balaban J connectivity index is 1.06. The van der Waals surface area contributed by atoms with E-state index in [2.05, 4.69) is 22.8 Å². The minimum Gasteiger partial charge on any atom is -0.326 e. The minimum absolute atomic E-state index is 0.0317. The molecule has 1 aromatic rings. The van der Waals surface area contributed by atoms with Crippen molar-refractivity contribution in [2.24, 2.45) is 41.4 Å². The highest BCUT2D eigenvalue weighted by atomic mass is 16.2. The molecule has 33 heavy (non-hydrogen) atoms. The summed E-state index contributed by atoms with van der Waals surface area (Å²) in [6.45, 7) is 1.45. The van der Waals surface area contributed by atoms with Crippen molar-refractivity contribution < 1.29 is 19.2 Å². The minimum atomic E-state index is -0.141. The van der Waals surface area contributed by atoms with Crippen LogP contribution in [0.15, 0.2) is 36.4 Å². The van der Waals surface area contributed by atoms with Gasteiger partial charge >= 0.3 is 0 Å². The standard InChI is InChI=1S/C26H29N3O4/c1-13(30)27-15-4-6-16(7-5-15)28-24(31)14-2-8-17(9-3-14)29-25(32)22-18-10-11-19(21-12-20(18)21)23(22)26(29)33/h4-7,10-11,14,17-23H,2-3,8-9,12H2,1H3,(H,27,30)(H,28,31)/t14?,17?,18-,19+,20-,21-,22+,23+/m1/s1. The van der Waals surface area contributed by atoms with Gasteiger partial charge in [-0.05, 0) is 80.0 Å². The third-order valence-corrected chi connectivity index (χ3v) is 8.60. The van der Waals surface area contributed by atoms with Crippen LogP contribution in [0, 0.1) is 41.4 Å². The van der Waals surface area contributed by atoms with Crippen LogP contribution in [0.1, 0.15) is 39.0 Å². The van der Waals surface area contributed by atoms with E-state index in [4.69, 9.17) is 0 Å². The molecule has 1 saturated heterocycles. The molecule has 1 aromatic carbocycles. The van der Waals surface area contributed by atoms with E-state index in [0.717, 1.165) is 0 Å². The number of anilines is 2. The molecule has 5 aliphatic carbocycles. The highest BCUT2D eigenvalue weighted by Gasteiger charge is 2.67. The molecule has 7 heteroatoms. The van der Waals surface area contributed by atoms with Gasteiger partial charge in [-0.15, -0.1) is 0 Å². The largest absolute Gasteiger partial charge is 0.326 e. The van der Waals surface area contributed by atoms with E-state index in [9.17, 15) is 19.2 Å². The number of likely N-dealkylation sites (tertiary alicyclic amines) is 1. The summed E-state index contributed by atoms with van der Waals surface area (Å²) in [4.78, 5) is 52.2. The number of benzene rings is 1. The van der Waals surface area contributed by atoms with E-state index in [0.29, 0.717) is 48.9 Å². The maximum absolute atomic E-state index is 13.3. The van der Waals surface area contributed by atoms with Crippen LogP contribution in [-0.4, -0.2) is 34.6 Å². The topological polar surface area (TPSA) is 95.6 Å². The van der Waals surface area contributed by atoms with Gasteiger partial charge in [0.25, 0.3) is 0 Å². The molecule has 7 nitrogen and oxygen atoms in total. The van der Waals surface area contributed by atoms with E-state index in [-0.39, 0.29) is 59.3 Å². The first kappa shape index (κ1) is 20.6. The van der Waals surface area contributed by atoms with Crippen molar-refractivity contribution >= 4 is 35.0 Å². The van der Waals surface area contributed by atoms with Crippen LogP contribution in [0.2, 0.25) is 0 Å². The third-order valence-electron chi connectivity index (χ3n) is 8.60. The Labute approximate surface area is 193 Å². The Morgan fingerprint density at radius 1 is 0.818 bits per heavy atom. The number of carbonyl (C=O) groups is 4. The summed E-state index contributed by atoms with van der Waals surface area (Å²) in [5.41, 5.74) is 1.37. The first-order chi connectivity index (χ1) is 15.9. The van der Waals surface area contributed by atoms with Crippen molar-refractivity contribution in [2.45, 2.75) is 45.1 Å². The second-order valence-corrected chi connectivity index (χ2v) is 10.5. The highest BCUT2D eigenvalue weighted by Crippen LogP contribution is 2.65. The highest BCUT2D eigenvalue weighted by molar-refractivity contribution is 6.06. The Kier molecular flexibility index (Phi) is 4.71. The monoisotopic (exact) mass is 447 g/mol. The fourth-order valence-corrected chi connectivity index (χ4v) is 7.02. The fourth-order valence-electron chi connectivity index (χ4n) is 7.02. The van der Waals surface area contributed by atoms with Crippen LogP contribution >= 0.6 is 0 Å². The zero-order valence-corrected chi connectivity index (χ0v) is 18.7. The van der Waals surface area contributed by atoms with Gasteiger partial charge in [0.05, 0.1) is 11.8 Å². The fraction of sp³-hybridized carbons (Fsp3) is 0.538. The average Bonchev–Trinajstić information content (AvgIpc) is 3.58. The van der Waals surface area contributed by atoms with Crippen molar-refractivity contribution in [3.05, 3.63) is 36.4 Å². The molecule has 6 atom stereocenters. The maximum atomic E-state index is 13.3. The molecule has 172 valence electrons. The van der Waals surface area contributed by atoms with Crippen LogP contribution in [0.3, 0.4) is 0 Å². The predicted molar refractivity (Wildman–Crippen MR) is 122 cm³/mol. The number of rotatable bonds is 4. The molecule has 0 aromatic heterocycles. The summed E-state index contributed by atoms with van der Waals surface area (Å²) in [7, 11) is 0. The molecule has 4 amide bonds. The van der Waals surface area contributed by atoms with Gasteiger partial charge in [0.2, 0.25) is 23.6 Å². The number of hydrogen-bond donors (Lipinski definition) is 2. The number of hydrogen-bond acceptors (Lipinski definition) is 4. The summed E-state index contributed by atoms with van der Waals surface area (Å²) in [5.74, 6) is 1.25. The zero-order valence-electron chi connectivity index (χ0n) is 18.7. The number of carbonyl (C=O) groups excluding carboxylic acids is 4. The van der Waals surface area contributed by atoms with Crippen LogP contribution in [0.25, 0.3) is 0 Å². The summed E-state index contributed by atoms with van der Waals surface area (Å²) in [6, 6.07) is 6.97. The van der Waals surface area contributed by atoms with Gasteiger partial charge in [-0.25, -0.2) is 0 Å². The van der Waals surface area contributed by atoms with Crippen molar-refractivity contribution in [3.63, 3.8) is 0 Å². The van der Waals surface area contributed by atoms with Gasteiger partial charge in [-0.3, -0.25) is 24.1 Å². The third kappa shape index (κ3) is 3.31. The van der Waals surface area contributed by atoms with Gasteiger partial charge in [-0.1, -0.05) is 12.2 Å². The second kappa shape index (κ2) is 7.54. The van der Waals surface area contributed by atoms with Gasteiger partial charge in [-0.2, -0.15) is 0 Å². The first-order valence-corrected chi connectivity index (χ1v) is 12.2. The van der Waals surface area contributed by atoms with Gasteiger partial charge < -0.3 is 10.6 Å². The molecule has 0 spiro atoms. The molecular formula is C26H29N3O4. The maximum Gasteiger partial charge on any atom is 0.233 e. The smallest absolute Gasteiger partial charge is 0.233 e. The summed E-state index contributed by atoms with van der Waals surface area (Å²) in [5, 5.41) is 5.66. The molecule has 7 rings (SSSR count). The van der Waals surface area contributed by atoms with E-state index in [1.54, 1.807) is 29.2 Å². The van der Waals surface area contributed by atoms with Crippen LogP contribution in [-0.2, 0) is 19.2 Å².